The molecule has 10 heteroatoms. The summed E-state index contributed by atoms with van der Waals surface area (Å²) in [6.07, 6.45) is 1.01. The standard InChI is InChI=1S/C25H24ClN5O3S/c1-4-15(2)34-19-9-5-16(6-10-19)24(32)28-25(35)27-17-7-11-21-22(13-17)30-31(29-21)18-8-12-23(33-3)20(26)14-18/h5-15H,4H2,1-3H3,(H2,27,28,32,35). The highest BCUT2D eigenvalue weighted by Gasteiger charge is 2.11. The van der Waals surface area contributed by atoms with Crippen LogP contribution < -0.4 is 20.1 Å². The monoisotopic (exact) mass is 509 g/mol. The molecule has 4 rings (SSSR count). The fourth-order valence-corrected chi connectivity index (χ4v) is 3.69. The van der Waals surface area contributed by atoms with E-state index in [0.29, 0.717) is 38.7 Å². The average Bonchev–Trinajstić information content (AvgIpc) is 3.27. The van der Waals surface area contributed by atoms with Crippen molar-refractivity contribution in [2.45, 2.75) is 26.4 Å². The van der Waals surface area contributed by atoms with E-state index in [2.05, 4.69) is 27.8 Å². The van der Waals surface area contributed by atoms with Gasteiger partial charge in [-0.15, -0.1) is 10.2 Å². The van der Waals surface area contributed by atoms with Crippen LogP contribution >= 0.6 is 23.8 Å². The van der Waals surface area contributed by atoms with Crippen LogP contribution in [0.25, 0.3) is 16.7 Å². The predicted octanol–water partition coefficient (Wildman–Crippen LogP) is 5.39. The van der Waals surface area contributed by atoms with Gasteiger partial charge in [0.05, 0.1) is 23.9 Å². The van der Waals surface area contributed by atoms with Crippen LogP contribution in [-0.4, -0.2) is 39.2 Å². The van der Waals surface area contributed by atoms with Crippen molar-refractivity contribution in [3.05, 3.63) is 71.2 Å². The zero-order chi connectivity index (χ0) is 24.9. The number of methoxy groups -OCH3 is 1. The third-order valence-corrected chi connectivity index (χ3v) is 5.76. The Morgan fingerprint density at radius 2 is 1.83 bits per heavy atom. The van der Waals surface area contributed by atoms with Gasteiger partial charge in [0, 0.05) is 11.3 Å². The molecule has 2 N–H and O–H groups in total. The second-order valence-corrected chi connectivity index (χ2v) is 8.60. The summed E-state index contributed by atoms with van der Waals surface area (Å²) in [4.78, 5) is 14.1. The molecule has 180 valence electrons. The smallest absolute Gasteiger partial charge is 0.257 e. The summed E-state index contributed by atoms with van der Waals surface area (Å²) in [6, 6.07) is 17.7. The topological polar surface area (TPSA) is 90.3 Å². The lowest BCUT2D eigenvalue weighted by atomic mass is 10.2. The summed E-state index contributed by atoms with van der Waals surface area (Å²) in [6.45, 7) is 4.05. The number of halogens is 1. The second-order valence-electron chi connectivity index (χ2n) is 7.78. The molecule has 1 aromatic heterocycles. The molecule has 0 fully saturated rings. The Bertz CT molecular complexity index is 1370. The highest BCUT2D eigenvalue weighted by molar-refractivity contribution is 7.80. The van der Waals surface area contributed by atoms with E-state index in [-0.39, 0.29) is 17.1 Å². The molecule has 1 atom stereocenters. The minimum atomic E-state index is -0.319. The fourth-order valence-electron chi connectivity index (χ4n) is 3.23. The van der Waals surface area contributed by atoms with Gasteiger partial charge in [0.1, 0.15) is 22.5 Å². The molecule has 35 heavy (non-hydrogen) atoms. The van der Waals surface area contributed by atoms with E-state index in [1.807, 2.05) is 25.1 Å². The number of anilines is 1. The largest absolute Gasteiger partial charge is 0.495 e. The molecule has 0 bridgehead atoms. The molecule has 0 saturated heterocycles. The SMILES string of the molecule is CCC(C)Oc1ccc(C(=O)NC(=S)Nc2ccc3nn(-c4ccc(OC)c(Cl)c4)nc3c2)cc1. The molecule has 0 aliphatic carbocycles. The van der Waals surface area contributed by atoms with E-state index in [1.54, 1.807) is 49.6 Å². The quantitative estimate of drug-likeness (QED) is 0.323. The zero-order valence-corrected chi connectivity index (χ0v) is 21.0. The van der Waals surface area contributed by atoms with Crippen molar-refractivity contribution in [3.8, 4) is 17.2 Å². The first-order valence-electron chi connectivity index (χ1n) is 11.0. The van der Waals surface area contributed by atoms with Gasteiger partial charge in [0.15, 0.2) is 5.11 Å². The van der Waals surface area contributed by atoms with E-state index < -0.39 is 0 Å². The Hall–Kier alpha value is -3.69. The number of rotatable bonds is 7. The molecule has 0 spiro atoms. The summed E-state index contributed by atoms with van der Waals surface area (Å²) >= 11 is 11.5. The number of aromatic nitrogens is 3. The molecule has 0 aliphatic rings. The predicted molar refractivity (Wildman–Crippen MR) is 141 cm³/mol. The molecular formula is C25H24ClN5O3S. The van der Waals surface area contributed by atoms with Gasteiger partial charge in [0.2, 0.25) is 0 Å². The van der Waals surface area contributed by atoms with Crippen molar-refractivity contribution in [1.29, 1.82) is 0 Å². The van der Waals surface area contributed by atoms with Crippen molar-refractivity contribution in [2.24, 2.45) is 0 Å². The van der Waals surface area contributed by atoms with Crippen molar-refractivity contribution in [3.63, 3.8) is 0 Å². The molecule has 8 nitrogen and oxygen atoms in total. The minimum absolute atomic E-state index is 0.111. The summed E-state index contributed by atoms with van der Waals surface area (Å²) in [5, 5.41) is 15.3. The van der Waals surface area contributed by atoms with Crippen molar-refractivity contribution in [2.75, 3.05) is 12.4 Å². The van der Waals surface area contributed by atoms with Crippen LogP contribution in [0.4, 0.5) is 5.69 Å². The lowest BCUT2D eigenvalue weighted by Gasteiger charge is -2.13. The van der Waals surface area contributed by atoms with Crippen LogP contribution in [0.1, 0.15) is 30.6 Å². The maximum atomic E-state index is 12.6. The summed E-state index contributed by atoms with van der Waals surface area (Å²) < 4.78 is 10.9. The van der Waals surface area contributed by atoms with Gasteiger partial charge in [-0.2, -0.15) is 4.80 Å². The Balaban J connectivity index is 1.41. The Labute approximate surface area is 213 Å². The van der Waals surface area contributed by atoms with Crippen molar-refractivity contribution in [1.82, 2.24) is 20.3 Å². The van der Waals surface area contributed by atoms with Crippen LogP contribution in [0.2, 0.25) is 5.02 Å². The van der Waals surface area contributed by atoms with Gasteiger partial charge in [-0.05, 0) is 86.2 Å². The number of amides is 1. The molecule has 0 aliphatic heterocycles. The molecular weight excluding hydrogens is 486 g/mol. The van der Waals surface area contributed by atoms with E-state index in [0.717, 1.165) is 12.2 Å². The fraction of sp³-hybridized carbons (Fsp3) is 0.200. The molecule has 0 saturated carbocycles. The summed E-state index contributed by atoms with van der Waals surface area (Å²) in [5.41, 5.74) is 3.18. The number of nitrogens with one attached hydrogen (secondary N) is 2. The number of benzene rings is 3. The number of fused-ring (bicyclic) bond motifs is 1. The molecule has 1 amide bonds. The Kier molecular flexibility index (Phi) is 7.48. The molecule has 3 aromatic carbocycles. The van der Waals surface area contributed by atoms with Crippen LogP contribution in [0.5, 0.6) is 11.5 Å². The van der Waals surface area contributed by atoms with Gasteiger partial charge in [0.25, 0.3) is 5.91 Å². The third kappa shape index (κ3) is 5.87. The van der Waals surface area contributed by atoms with Crippen LogP contribution in [0, 0.1) is 0 Å². The number of thiocarbonyl (C=S) groups is 1. The zero-order valence-electron chi connectivity index (χ0n) is 19.4. The number of carbonyl (C=O) groups excluding carboxylic acids is 1. The Morgan fingerprint density at radius 3 is 2.51 bits per heavy atom. The minimum Gasteiger partial charge on any atom is -0.495 e. The summed E-state index contributed by atoms with van der Waals surface area (Å²) in [7, 11) is 1.56. The first-order valence-corrected chi connectivity index (χ1v) is 11.7. The number of hydrogen-bond donors (Lipinski definition) is 2. The van der Waals surface area contributed by atoms with Gasteiger partial charge in [-0.1, -0.05) is 18.5 Å². The number of carbonyl (C=O) groups is 1. The van der Waals surface area contributed by atoms with Crippen LogP contribution in [0.15, 0.2) is 60.7 Å². The number of hydrogen-bond acceptors (Lipinski definition) is 6. The maximum Gasteiger partial charge on any atom is 0.257 e. The highest BCUT2D eigenvalue weighted by Crippen LogP contribution is 2.27. The van der Waals surface area contributed by atoms with Crippen LogP contribution in [-0.2, 0) is 0 Å². The number of nitrogens with zero attached hydrogens (tertiary/aromatic N) is 3. The molecule has 4 aromatic rings. The van der Waals surface area contributed by atoms with E-state index in [4.69, 9.17) is 33.3 Å². The molecule has 1 unspecified atom stereocenters. The van der Waals surface area contributed by atoms with Crippen molar-refractivity contribution >= 4 is 51.6 Å². The van der Waals surface area contributed by atoms with Crippen molar-refractivity contribution < 1.29 is 14.3 Å². The third-order valence-electron chi connectivity index (χ3n) is 5.26. The van der Waals surface area contributed by atoms with E-state index >= 15 is 0 Å². The maximum absolute atomic E-state index is 12.6. The lowest BCUT2D eigenvalue weighted by Crippen LogP contribution is -2.34. The van der Waals surface area contributed by atoms with Gasteiger partial charge >= 0.3 is 0 Å². The normalized spacial score (nSPS) is 11.7. The first kappa shape index (κ1) is 24.4. The molecule has 1 heterocycles. The summed E-state index contributed by atoms with van der Waals surface area (Å²) in [5.74, 6) is 0.973. The second kappa shape index (κ2) is 10.7. The highest BCUT2D eigenvalue weighted by atomic mass is 35.5. The van der Waals surface area contributed by atoms with Crippen LogP contribution in [0.3, 0.4) is 0 Å². The number of ether oxygens (including phenoxy) is 2. The first-order chi connectivity index (χ1) is 16.9. The van der Waals surface area contributed by atoms with Gasteiger partial charge < -0.3 is 14.8 Å². The Morgan fingerprint density at radius 1 is 1.09 bits per heavy atom. The van der Waals surface area contributed by atoms with Gasteiger partial charge in [-0.25, -0.2) is 0 Å². The van der Waals surface area contributed by atoms with E-state index in [9.17, 15) is 4.79 Å². The lowest BCUT2D eigenvalue weighted by molar-refractivity contribution is 0.0977. The van der Waals surface area contributed by atoms with E-state index in [1.165, 1.54) is 4.80 Å². The average molecular weight is 510 g/mol. The molecule has 0 radical (unpaired) electrons. The van der Waals surface area contributed by atoms with Gasteiger partial charge in [-0.3, -0.25) is 10.1 Å².